The van der Waals surface area contributed by atoms with Crippen molar-refractivity contribution in [1.82, 2.24) is 0 Å². The standard InChI is InChI=1S/C7H12O5/c1-4(8)5(11-2)6(12-3)7(9)10/h5-6H,1-3H3,(H,9,10). The highest BCUT2D eigenvalue weighted by atomic mass is 16.5. The lowest BCUT2D eigenvalue weighted by Gasteiger charge is -2.18. The van der Waals surface area contributed by atoms with Crippen LogP contribution in [-0.2, 0) is 19.1 Å². The third-order valence-electron chi connectivity index (χ3n) is 1.43. The lowest BCUT2D eigenvalue weighted by molar-refractivity contribution is -0.161. The summed E-state index contributed by atoms with van der Waals surface area (Å²) in [5, 5.41) is 8.57. The molecular formula is C7H12O5. The van der Waals surface area contributed by atoms with Gasteiger partial charge in [0.05, 0.1) is 0 Å². The molecule has 0 aliphatic heterocycles. The number of aliphatic carboxylic acids is 1. The van der Waals surface area contributed by atoms with E-state index in [0.29, 0.717) is 0 Å². The molecule has 0 saturated heterocycles. The Morgan fingerprint density at radius 1 is 1.17 bits per heavy atom. The second-order valence-electron chi connectivity index (χ2n) is 2.26. The van der Waals surface area contributed by atoms with Gasteiger partial charge in [0.15, 0.2) is 18.0 Å². The normalized spacial score (nSPS) is 15.2. The summed E-state index contributed by atoms with van der Waals surface area (Å²) in [5.41, 5.74) is 0. The SMILES string of the molecule is COC(C(C)=O)C(OC)C(=O)O. The Hall–Kier alpha value is -0.940. The molecule has 5 nitrogen and oxygen atoms in total. The molecule has 0 aromatic rings. The van der Waals surface area contributed by atoms with E-state index in [4.69, 9.17) is 5.11 Å². The zero-order valence-corrected chi connectivity index (χ0v) is 7.23. The largest absolute Gasteiger partial charge is 0.479 e. The van der Waals surface area contributed by atoms with Crippen LogP contribution in [0, 0.1) is 0 Å². The molecule has 0 radical (unpaired) electrons. The maximum Gasteiger partial charge on any atom is 0.336 e. The molecule has 0 aromatic heterocycles. The molecule has 12 heavy (non-hydrogen) atoms. The summed E-state index contributed by atoms with van der Waals surface area (Å²) in [7, 11) is 2.48. The van der Waals surface area contributed by atoms with Crippen LogP contribution in [0.2, 0.25) is 0 Å². The predicted octanol–water partition coefficient (Wildman–Crippen LogP) is -0.310. The van der Waals surface area contributed by atoms with Crippen molar-refractivity contribution in [1.29, 1.82) is 0 Å². The average molecular weight is 176 g/mol. The molecule has 0 fully saturated rings. The Balaban J connectivity index is 4.44. The first-order valence-corrected chi connectivity index (χ1v) is 3.33. The van der Waals surface area contributed by atoms with Gasteiger partial charge in [-0.1, -0.05) is 0 Å². The first kappa shape index (κ1) is 11.1. The number of carboxylic acids is 1. The summed E-state index contributed by atoms with van der Waals surface area (Å²) in [6.07, 6.45) is -2.26. The minimum Gasteiger partial charge on any atom is -0.479 e. The number of rotatable bonds is 5. The summed E-state index contributed by atoms with van der Waals surface area (Å²) in [6.45, 7) is 1.25. The van der Waals surface area contributed by atoms with Crippen molar-refractivity contribution in [3.63, 3.8) is 0 Å². The average Bonchev–Trinajstić information content (AvgIpc) is 1.98. The number of carbonyl (C=O) groups is 2. The molecule has 0 spiro atoms. The third kappa shape index (κ3) is 2.60. The van der Waals surface area contributed by atoms with E-state index in [1.807, 2.05) is 0 Å². The van der Waals surface area contributed by atoms with Crippen LogP contribution in [0.15, 0.2) is 0 Å². The van der Waals surface area contributed by atoms with Crippen LogP contribution in [0.1, 0.15) is 6.92 Å². The van der Waals surface area contributed by atoms with Crippen molar-refractivity contribution in [2.75, 3.05) is 14.2 Å². The molecular weight excluding hydrogens is 164 g/mol. The van der Waals surface area contributed by atoms with E-state index in [1.54, 1.807) is 0 Å². The van der Waals surface area contributed by atoms with Crippen LogP contribution >= 0.6 is 0 Å². The van der Waals surface area contributed by atoms with E-state index in [2.05, 4.69) is 9.47 Å². The highest BCUT2D eigenvalue weighted by Crippen LogP contribution is 2.03. The molecule has 2 unspecified atom stereocenters. The van der Waals surface area contributed by atoms with E-state index in [-0.39, 0.29) is 5.78 Å². The summed E-state index contributed by atoms with van der Waals surface area (Å²) < 4.78 is 9.25. The highest BCUT2D eigenvalue weighted by Gasteiger charge is 2.31. The van der Waals surface area contributed by atoms with E-state index < -0.39 is 18.2 Å². The molecule has 0 aliphatic carbocycles. The van der Waals surface area contributed by atoms with E-state index in [9.17, 15) is 9.59 Å². The van der Waals surface area contributed by atoms with Gasteiger partial charge < -0.3 is 14.6 Å². The van der Waals surface area contributed by atoms with E-state index >= 15 is 0 Å². The van der Waals surface area contributed by atoms with Crippen molar-refractivity contribution < 1.29 is 24.2 Å². The minimum absolute atomic E-state index is 0.369. The first-order chi connectivity index (χ1) is 5.54. The molecule has 0 amide bonds. The molecule has 0 bridgehead atoms. The van der Waals surface area contributed by atoms with Gasteiger partial charge in [-0.25, -0.2) is 4.79 Å². The van der Waals surface area contributed by atoms with Crippen LogP contribution in [-0.4, -0.2) is 43.3 Å². The Kier molecular flexibility index (Phi) is 4.46. The van der Waals surface area contributed by atoms with Gasteiger partial charge in [0, 0.05) is 14.2 Å². The molecule has 2 atom stereocenters. The summed E-state index contributed by atoms with van der Waals surface area (Å²) >= 11 is 0. The van der Waals surface area contributed by atoms with Gasteiger partial charge >= 0.3 is 5.97 Å². The number of carboxylic acid groups (broad SMARTS) is 1. The van der Waals surface area contributed by atoms with Gasteiger partial charge in [-0.15, -0.1) is 0 Å². The number of hydrogen-bond donors (Lipinski definition) is 1. The van der Waals surface area contributed by atoms with Crippen LogP contribution < -0.4 is 0 Å². The van der Waals surface area contributed by atoms with Gasteiger partial charge in [-0.2, -0.15) is 0 Å². The fraction of sp³-hybridized carbons (Fsp3) is 0.714. The molecule has 70 valence electrons. The second-order valence-corrected chi connectivity index (χ2v) is 2.26. The molecule has 0 aliphatic rings. The minimum atomic E-state index is -1.23. The molecule has 0 aromatic carbocycles. The number of ketones is 1. The van der Waals surface area contributed by atoms with Crippen molar-refractivity contribution in [3.8, 4) is 0 Å². The van der Waals surface area contributed by atoms with Crippen molar-refractivity contribution >= 4 is 11.8 Å². The maximum absolute atomic E-state index is 10.8. The zero-order valence-electron chi connectivity index (χ0n) is 7.23. The number of carbonyl (C=O) groups excluding carboxylic acids is 1. The summed E-state index contributed by atoms with van der Waals surface area (Å²) in [5.74, 6) is -1.58. The second kappa shape index (κ2) is 4.84. The Bertz CT molecular complexity index is 157. The molecule has 0 rings (SSSR count). The summed E-state index contributed by atoms with van der Waals surface area (Å²) in [4.78, 5) is 21.3. The van der Waals surface area contributed by atoms with Crippen molar-refractivity contribution in [3.05, 3.63) is 0 Å². The van der Waals surface area contributed by atoms with E-state index in [1.165, 1.54) is 21.1 Å². The number of hydrogen-bond acceptors (Lipinski definition) is 4. The molecule has 0 saturated carbocycles. The van der Waals surface area contributed by atoms with Gasteiger partial charge in [0.1, 0.15) is 0 Å². The van der Waals surface area contributed by atoms with Crippen LogP contribution in [0.4, 0.5) is 0 Å². The maximum atomic E-state index is 10.8. The van der Waals surface area contributed by atoms with Gasteiger partial charge in [-0.3, -0.25) is 4.79 Å². The van der Waals surface area contributed by atoms with Gasteiger partial charge in [0.2, 0.25) is 0 Å². The molecule has 5 heteroatoms. The van der Waals surface area contributed by atoms with Crippen molar-refractivity contribution in [2.45, 2.75) is 19.1 Å². The first-order valence-electron chi connectivity index (χ1n) is 3.33. The Labute approximate surface area is 70.3 Å². The summed E-state index contributed by atoms with van der Waals surface area (Å²) in [6, 6.07) is 0. The molecule has 0 heterocycles. The predicted molar refractivity (Wildman–Crippen MR) is 39.9 cm³/mol. The zero-order chi connectivity index (χ0) is 9.72. The topological polar surface area (TPSA) is 72.8 Å². The number of Topliss-reactive ketones (excluding diaryl/α,β-unsaturated/α-hetero) is 1. The fourth-order valence-corrected chi connectivity index (χ4v) is 0.857. The highest BCUT2D eigenvalue weighted by molar-refractivity contribution is 5.87. The quantitative estimate of drug-likeness (QED) is 0.622. The van der Waals surface area contributed by atoms with Crippen LogP contribution in [0.25, 0.3) is 0 Å². The third-order valence-corrected chi connectivity index (χ3v) is 1.43. The smallest absolute Gasteiger partial charge is 0.336 e. The van der Waals surface area contributed by atoms with Gasteiger partial charge in [-0.05, 0) is 6.92 Å². The fourth-order valence-electron chi connectivity index (χ4n) is 0.857. The Morgan fingerprint density at radius 3 is 1.67 bits per heavy atom. The lowest BCUT2D eigenvalue weighted by Crippen LogP contribution is -2.41. The van der Waals surface area contributed by atoms with Gasteiger partial charge in [0.25, 0.3) is 0 Å². The number of methoxy groups -OCH3 is 2. The lowest BCUT2D eigenvalue weighted by atomic mass is 10.1. The number of ether oxygens (including phenoxy) is 2. The Morgan fingerprint density at radius 2 is 1.58 bits per heavy atom. The van der Waals surface area contributed by atoms with Crippen molar-refractivity contribution in [2.24, 2.45) is 0 Å². The van der Waals surface area contributed by atoms with Crippen LogP contribution in [0.3, 0.4) is 0 Å². The van der Waals surface area contributed by atoms with E-state index in [0.717, 1.165) is 0 Å². The van der Waals surface area contributed by atoms with Crippen LogP contribution in [0.5, 0.6) is 0 Å². The molecule has 1 N–H and O–H groups in total. The monoisotopic (exact) mass is 176 g/mol.